The Balaban J connectivity index is 2.35. The average molecular weight is 373 g/mol. The Labute approximate surface area is 157 Å². The SMILES string of the molecule is CCCC[C@@](C=O)(CC)CS(=O)(=O)c1ccccc1Cc1ccccc1. The summed E-state index contributed by atoms with van der Waals surface area (Å²) in [7, 11) is -3.55. The molecule has 0 N–H and O–H groups in total. The predicted octanol–water partition coefficient (Wildman–Crippen LogP) is 4.84. The van der Waals surface area contributed by atoms with Gasteiger partial charge in [0, 0.05) is 5.41 Å². The van der Waals surface area contributed by atoms with E-state index in [4.69, 9.17) is 0 Å². The first-order valence-corrected chi connectivity index (χ1v) is 10.9. The monoisotopic (exact) mass is 372 g/mol. The Hall–Kier alpha value is -1.94. The van der Waals surface area contributed by atoms with Crippen LogP contribution in [0.15, 0.2) is 59.5 Å². The van der Waals surface area contributed by atoms with Crippen molar-refractivity contribution < 1.29 is 13.2 Å². The molecule has 0 saturated carbocycles. The van der Waals surface area contributed by atoms with E-state index < -0.39 is 15.3 Å². The zero-order valence-electron chi connectivity index (χ0n) is 15.6. The maximum Gasteiger partial charge on any atom is 0.179 e. The molecule has 0 unspecified atom stereocenters. The lowest BCUT2D eigenvalue weighted by Crippen LogP contribution is -2.32. The fourth-order valence-electron chi connectivity index (χ4n) is 3.28. The van der Waals surface area contributed by atoms with E-state index in [0.29, 0.717) is 24.2 Å². The highest BCUT2D eigenvalue weighted by Crippen LogP contribution is 2.32. The third-order valence-electron chi connectivity index (χ3n) is 5.00. The lowest BCUT2D eigenvalue weighted by molar-refractivity contribution is -0.115. The van der Waals surface area contributed by atoms with E-state index in [2.05, 4.69) is 6.92 Å². The smallest absolute Gasteiger partial charge is 0.179 e. The molecule has 0 spiro atoms. The summed E-state index contributed by atoms with van der Waals surface area (Å²) in [5.74, 6) is -0.119. The van der Waals surface area contributed by atoms with Gasteiger partial charge >= 0.3 is 0 Å². The van der Waals surface area contributed by atoms with Crippen LogP contribution in [0.2, 0.25) is 0 Å². The van der Waals surface area contributed by atoms with Gasteiger partial charge in [-0.3, -0.25) is 0 Å². The molecule has 0 fully saturated rings. The summed E-state index contributed by atoms with van der Waals surface area (Å²) in [6, 6.07) is 17.0. The number of carbonyl (C=O) groups is 1. The highest BCUT2D eigenvalue weighted by atomic mass is 32.2. The Morgan fingerprint density at radius 1 is 0.962 bits per heavy atom. The van der Waals surface area contributed by atoms with Gasteiger partial charge < -0.3 is 4.79 Å². The Morgan fingerprint density at radius 2 is 1.62 bits per heavy atom. The van der Waals surface area contributed by atoms with Gasteiger partial charge in [-0.1, -0.05) is 75.2 Å². The molecule has 1 atom stereocenters. The van der Waals surface area contributed by atoms with Crippen LogP contribution in [0.5, 0.6) is 0 Å². The van der Waals surface area contributed by atoms with Crippen molar-refractivity contribution in [2.24, 2.45) is 5.41 Å². The van der Waals surface area contributed by atoms with E-state index in [1.54, 1.807) is 12.1 Å². The molecule has 0 aromatic heterocycles. The number of hydrogen-bond donors (Lipinski definition) is 0. The number of aldehydes is 1. The molecule has 4 heteroatoms. The molecule has 0 amide bonds. The van der Waals surface area contributed by atoms with Crippen LogP contribution in [-0.4, -0.2) is 20.5 Å². The first-order valence-electron chi connectivity index (χ1n) is 9.27. The minimum Gasteiger partial charge on any atom is -0.303 e. The Morgan fingerprint density at radius 3 is 2.23 bits per heavy atom. The second-order valence-corrected chi connectivity index (χ2v) is 8.92. The van der Waals surface area contributed by atoms with Gasteiger partial charge in [-0.05, 0) is 36.5 Å². The average Bonchev–Trinajstić information content (AvgIpc) is 2.66. The van der Waals surface area contributed by atoms with E-state index in [1.165, 1.54) is 0 Å². The van der Waals surface area contributed by atoms with E-state index >= 15 is 0 Å². The second kappa shape index (κ2) is 9.13. The zero-order chi connectivity index (χ0) is 19.0. The van der Waals surface area contributed by atoms with E-state index in [9.17, 15) is 13.2 Å². The lowest BCUT2D eigenvalue weighted by Gasteiger charge is -2.26. The standard InChI is InChI=1S/C22H28O3S/c1-3-5-15-22(4-2,17-23)18-26(24,25)21-14-10-9-13-20(21)16-19-11-7-6-8-12-19/h6-14,17H,3-5,15-16,18H2,1-2H3/t22-/m1/s1. The Kier molecular flexibility index (Phi) is 7.15. The molecule has 2 aromatic rings. The Bertz CT molecular complexity index is 812. The quantitative estimate of drug-likeness (QED) is 0.561. The largest absolute Gasteiger partial charge is 0.303 e. The van der Waals surface area contributed by atoms with Crippen molar-refractivity contribution in [1.29, 1.82) is 0 Å². The van der Waals surface area contributed by atoms with E-state index in [1.807, 2.05) is 49.4 Å². The highest BCUT2D eigenvalue weighted by Gasteiger charge is 2.34. The third kappa shape index (κ3) is 5.04. The van der Waals surface area contributed by atoms with Crippen LogP contribution in [0.25, 0.3) is 0 Å². The molecule has 3 nitrogen and oxygen atoms in total. The van der Waals surface area contributed by atoms with Crippen LogP contribution in [0.1, 0.15) is 50.7 Å². The first-order chi connectivity index (χ1) is 12.5. The minimum atomic E-state index is -3.55. The minimum absolute atomic E-state index is 0.119. The van der Waals surface area contributed by atoms with Crippen LogP contribution >= 0.6 is 0 Å². The molecule has 0 aliphatic heterocycles. The van der Waals surface area contributed by atoms with Crippen LogP contribution < -0.4 is 0 Å². The van der Waals surface area contributed by atoms with Gasteiger partial charge in [0.25, 0.3) is 0 Å². The van der Waals surface area contributed by atoms with E-state index in [0.717, 1.165) is 30.3 Å². The molecule has 0 heterocycles. The van der Waals surface area contributed by atoms with Gasteiger partial charge in [0.05, 0.1) is 10.6 Å². The maximum atomic E-state index is 13.2. The number of carbonyl (C=O) groups excluding carboxylic acids is 1. The molecular formula is C22H28O3S. The molecule has 0 bridgehead atoms. The fraction of sp³-hybridized carbons (Fsp3) is 0.409. The van der Waals surface area contributed by atoms with Crippen LogP contribution in [-0.2, 0) is 21.1 Å². The zero-order valence-corrected chi connectivity index (χ0v) is 16.5. The van der Waals surface area contributed by atoms with Crippen molar-refractivity contribution >= 4 is 16.1 Å². The summed E-state index contributed by atoms with van der Waals surface area (Å²) in [6.45, 7) is 3.95. The van der Waals surface area contributed by atoms with Gasteiger partial charge in [0.2, 0.25) is 0 Å². The number of unbranched alkanes of at least 4 members (excludes halogenated alkanes) is 1. The summed E-state index contributed by atoms with van der Waals surface area (Å²) >= 11 is 0. The van der Waals surface area contributed by atoms with Gasteiger partial charge in [0.1, 0.15) is 6.29 Å². The maximum absolute atomic E-state index is 13.2. The summed E-state index contributed by atoms with van der Waals surface area (Å²) in [5.41, 5.74) is 1.05. The van der Waals surface area contributed by atoms with Crippen molar-refractivity contribution in [3.8, 4) is 0 Å². The van der Waals surface area contributed by atoms with Crippen LogP contribution in [0.4, 0.5) is 0 Å². The third-order valence-corrected chi connectivity index (χ3v) is 7.03. The summed E-state index contributed by atoms with van der Waals surface area (Å²) in [6.07, 6.45) is 4.37. The molecule has 0 saturated heterocycles. The van der Waals surface area contributed by atoms with Crippen molar-refractivity contribution in [3.63, 3.8) is 0 Å². The molecular weight excluding hydrogens is 344 g/mol. The van der Waals surface area contributed by atoms with Crippen molar-refractivity contribution in [3.05, 3.63) is 65.7 Å². The molecule has 0 radical (unpaired) electrons. The number of rotatable bonds is 10. The fourth-order valence-corrected chi connectivity index (χ4v) is 5.44. The summed E-state index contributed by atoms with van der Waals surface area (Å²) < 4.78 is 26.4. The van der Waals surface area contributed by atoms with Gasteiger partial charge in [-0.15, -0.1) is 0 Å². The summed E-state index contributed by atoms with van der Waals surface area (Å²) in [4.78, 5) is 12.1. The van der Waals surface area contributed by atoms with Crippen molar-refractivity contribution in [2.75, 3.05) is 5.75 Å². The topological polar surface area (TPSA) is 51.2 Å². The van der Waals surface area contributed by atoms with E-state index in [-0.39, 0.29) is 5.75 Å². The molecule has 2 aromatic carbocycles. The number of hydrogen-bond acceptors (Lipinski definition) is 3. The van der Waals surface area contributed by atoms with Gasteiger partial charge in [-0.25, -0.2) is 8.42 Å². The molecule has 2 rings (SSSR count). The summed E-state index contributed by atoms with van der Waals surface area (Å²) in [5, 5.41) is 0. The predicted molar refractivity (Wildman–Crippen MR) is 106 cm³/mol. The number of benzene rings is 2. The van der Waals surface area contributed by atoms with Gasteiger partial charge in [-0.2, -0.15) is 0 Å². The number of sulfone groups is 1. The molecule has 0 aliphatic rings. The molecule has 0 aliphatic carbocycles. The second-order valence-electron chi connectivity index (χ2n) is 6.97. The van der Waals surface area contributed by atoms with Gasteiger partial charge in [0.15, 0.2) is 9.84 Å². The lowest BCUT2D eigenvalue weighted by atomic mass is 9.84. The van der Waals surface area contributed by atoms with Crippen LogP contribution in [0, 0.1) is 5.41 Å². The molecule has 140 valence electrons. The first kappa shape index (κ1) is 20.4. The van der Waals surface area contributed by atoms with Crippen LogP contribution in [0.3, 0.4) is 0 Å². The van der Waals surface area contributed by atoms with Crippen molar-refractivity contribution in [1.82, 2.24) is 0 Å². The van der Waals surface area contributed by atoms with Crippen molar-refractivity contribution in [2.45, 2.75) is 50.8 Å². The highest BCUT2D eigenvalue weighted by molar-refractivity contribution is 7.91. The normalized spacial score (nSPS) is 13.9. The molecule has 26 heavy (non-hydrogen) atoms.